The highest BCUT2D eigenvalue weighted by Gasteiger charge is 2.20. The van der Waals surface area contributed by atoms with Crippen LogP contribution in [0.15, 0.2) is 34.1 Å². The van der Waals surface area contributed by atoms with Crippen molar-refractivity contribution in [1.82, 2.24) is 5.32 Å². The molecule has 1 atom stereocenters. The Balaban J connectivity index is 2.07. The van der Waals surface area contributed by atoms with E-state index in [1.165, 1.54) is 11.3 Å². The van der Waals surface area contributed by atoms with Crippen molar-refractivity contribution in [3.05, 3.63) is 44.6 Å². The van der Waals surface area contributed by atoms with Crippen LogP contribution in [0.3, 0.4) is 0 Å². The molecular formula is C18H21BrN2O3S. The van der Waals surface area contributed by atoms with E-state index in [0.29, 0.717) is 10.6 Å². The van der Waals surface area contributed by atoms with Gasteiger partial charge < -0.3 is 15.7 Å². The molecule has 1 unspecified atom stereocenters. The minimum Gasteiger partial charge on any atom is -0.506 e. The normalized spacial score (nSPS) is 12.5. The number of benzene rings is 1. The number of hydrogen-bond donors (Lipinski definition) is 3. The lowest BCUT2D eigenvalue weighted by Gasteiger charge is -2.21. The third-order valence-corrected chi connectivity index (χ3v) is 5.28. The first kappa shape index (κ1) is 19.5. The highest BCUT2D eigenvalue weighted by molar-refractivity contribution is 9.11. The van der Waals surface area contributed by atoms with Crippen LogP contribution in [0.5, 0.6) is 5.75 Å². The molecule has 0 aliphatic carbocycles. The van der Waals surface area contributed by atoms with Crippen LogP contribution in [-0.4, -0.2) is 23.0 Å². The molecule has 0 bridgehead atoms. The Morgan fingerprint density at radius 2 is 1.88 bits per heavy atom. The highest BCUT2D eigenvalue weighted by Crippen LogP contribution is 2.30. The van der Waals surface area contributed by atoms with E-state index in [2.05, 4.69) is 26.6 Å². The lowest BCUT2D eigenvalue weighted by atomic mass is 9.87. The molecule has 0 aliphatic rings. The number of hydrogen-bond acceptors (Lipinski definition) is 4. The second kappa shape index (κ2) is 7.58. The monoisotopic (exact) mass is 424 g/mol. The maximum Gasteiger partial charge on any atom is 0.262 e. The molecule has 2 amide bonds. The van der Waals surface area contributed by atoms with Gasteiger partial charge >= 0.3 is 0 Å². The Bertz CT molecular complexity index is 796. The van der Waals surface area contributed by atoms with Crippen LogP contribution in [0, 0.1) is 0 Å². The maximum atomic E-state index is 12.4. The molecule has 5 nitrogen and oxygen atoms in total. The van der Waals surface area contributed by atoms with Crippen molar-refractivity contribution in [2.75, 3.05) is 5.32 Å². The number of aromatic hydroxyl groups is 1. The molecule has 0 saturated carbocycles. The molecule has 0 aliphatic heterocycles. The molecule has 3 N–H and O–H groups in total. The van der Waals surface area contributed by atoms with Gasteiger partial charge in [0, 0.05) is 0 Å². The summed E-state index contributed by atoms with van der Waals surface area (Å²) >= 11 is 4.60. The number of phenolic OH excluding ortho intramolecular Hbond substituents is 1. The van der Waals surface area contributed by atoms with Gasteiger partial charge in [0.15, 0.2) is 0 Å². The highest BCUT2D eigenvalue weighted by atomic mass is 79.9. The summed E-state index contributed by atoms with van der Waals surface area (Å²) < 4.78 is 0.846. The molecule has 0 spiro atoms. The van der Waals surface area contributed by atoms with Crippen molar-refractivity contribution in [1.29, 1.82) is 0 Å². The third kappa shape index (κ3) is 5.06. The quantitative estimate of drug-likeness (QED) is 0.641. The van der Waals surface area contributed by atoms with Gasteiger partial charge in [0.1, 0.15) is 11.8 Å². The number of rotatable bonds is 4. The molecule has 0 fully saturated rings. The van der Waals surface area contributed by atoms with E-state index in [0.717, 1.165) is 9.35 Å². The standard InChI is InChI=1S/C18H21BrN2O3S/c1-10(20-17(24)14-7-8-15(19)25-14)16(23)21-12-9-11(18(2,3)4)5-6-13(12)22/h5-10,22H,1-4H3,(H,20,24)(H,21,23). The molecule has 0 radical (unpaired) electrons. The molecular weight excluding hydrogens is 404 g/mol. The molecule has 1 heterocycles. The van der Waals surface area contributed by atoms with Gasteiger partial charge in [0.25, 0.3) is 5.91 Å². The van der Waals surface area contributed by atoms with Crippen molar-refractivity contribution >= 4 is 44.8 Å². The second-order valence-electron chi connectivity index (χ2n) is 6.77. The van der Waals surface area contributed by atoms with E-state index in [9.17, 15) is 14.7 Å². The molecule has 0 saturated heterocycles. The summed E-state index contributed by atoms with van der Waals surface area (Å²) in [7, 11) is 0. The summed E-state index contributed by atoms with van der Waals surface area (Å²) in [5.41, 5.74) is 1.21. The van der Waals surface area contributed by atoms with Gasteiger partial charge in [0.05, 0.1) is 14.4 Å². The lowest BCUT2D eigenvalue weighted by Crippen LogP contribution is -2.41. The Kier molecular flexibility index (Phi) is 5.90. The minimum atomic E-state index is -0.744. The van der Waals surface area contributed by atoms with Crippen LogP contribution >= 0.6 is 27.3 Å². The van der Waals surface area contributed by atoms with Crippen molar-refractivity contribution in [2.45, 2.75) is 39.2 Å². The van der Waals surface area contributed by atoms with Gasteiger partial charge in [-0.3, -0.25) is 9.59 Å². The van der Waals surface area contributed by atoms with Gasteiger partial charge in [-0.25, -0.2) is 0 Å². The first-order valence-corrected chi connectivity index (χ1v) is 9.39. The van der Waals surface area contributed by atoms with Crippen molar-refractivity contribution in [2.24, 2.45) is 0 Å². The smallest absolute Gasteiger partial charge is 0.262 e. The number of phenols is 1. The lowest BCUT2D eigenvalue weighted by molar-refractivity contribution is -0.117. The van der Waals surface area contributed by atoms with E-state index < -0.39 is 11.9 Å². The summed E-state index contributed by atoms with van der Waals surface area (Å²) in [4.78, 5) is 25.0. The number of anilines is 1. The Morgan fingerprint density at radius 3 is 2.44 bits per heavy atom. The third-order valence-electron chi connectivity index (χ3n) is 3.66. The van der Waals surface area contributed by atoms with E-state index in [-0.39, 0.29) is 17.1 Å². The van der Waals surface area contributed by atoms with Crippen molar-refractivity contribution in [3.63, 3.8) is 0 Å². The van der Waals surface area contributed by atoms with Crippen LogP contribution in [-0.2, 0) is 10.2 Å². The van der Waals surface area contributed by atoms with E-state index in [1.807, 2.05) is 26.8 Å². The van der Waals surface area contributed by atoms with E-state index >= 15 is 0 Å². The van der Waals surface area contributed by atoms with Gasteiger partial charge in [0.2, 0.25) is 5.91 Å². The predicted octanol–water partition coefficient (Wildman–Crippen LogP) is 4.27. The Hall–Kier alpha value is -1.86. The summed E-state index contributed by atoms with van der Waals surface area (Å²) in [5.74, 6) is -0.724. The molecule has 7 heteroatoms. The molecule has 134 valence electrons. The van der Waals surface area contributed by atoms with Crippen molar-refractivity contribution < 1.29 is 14.7 Å². The Morgan fingerprint density at radius 1 is 1.20 bits per heavy atom. The fourth-order valence-corrected chi connectivity index (χ4v) is 3.40. The predicted molar refractivity (Wildman–Crippen MR) is 104 cm³/mol. The molecule has 25 heavy (non-hydrogen) atoms. The number of thiophene rings is 1. The molecule has 1 aromatic heterocycles. The minimum absolute atomic E-state index is 0.0120. The number of carbonyl (C=O) groups is 2. The fraction of sp³-hybridized carbons (Fsp3) is 0.333. The zero-order valence-corrected chi connectivity index (χ0v) is 16.9. The molecule has 2 rings (SSSR count). The van der Waals surface area contributed by atoms with E-state index in [4.69, 9.17) is 0 Å². The van der Waals surface area contributed by atoms with Gasteiger partial charge in [-0.15, -0.1) is 11.3 Å². The maximum absolute atomic E-state index is 12.4. The number of nitrogens with one attached hydrogen (secondary N) is 2. The first-order valence-electron chi connectivity index (χ1n) is 7.78. The fourth-order valence-electron chi connectivity index (χ4n) is 2.11. The zero-order valence-electron chi connectivity index (χ0n) is 14.5. The SMILES string of the molecule is CC(NC(=O)c1ccc(Br)s1)C(=O)Nc1cc(C(C)(C)C)ccc1O. The second-order valence-corrected chi connectivity index (χ2v) is 9.23. The molecule has 1 aromatic carbocycles. The van der Waals surface area contributed by atoms with Gasteiger partial charge in [-0.1, -0.05) is 26.8 Å². The topological polar surface area (TPSA) is 78.4 Å². The van der Waals surface area contributed by atoms with Crippen LogP contribution in [0.1, 0.15) is 42.9 Å². The van der Waals surface area contributed by atoms with Crippen LogP contribution in [0.4, 0.5) is 5.69 Å². The van der Waals surface area contributed by atoms with Crippen molar-refractivity contribution in [3.8, 4) is 5.75 Å². The van der Waals surface area contributed by atoms with Gasteiger partial charge in [-0.05, 0) is 58.1 Å². The molecule has 2 aromatic rings. The number of amides is 2. The zero-order chi connectivity index (χ0) is 18.8. The van der Waals surface area contributed by atoms with Crippen LogP contribution in [0.2, 0.25) is 0 Å². The van der Waals surface area contributed by atoms with Crippen LogP contribution < -0.4 is 10.6 Å². The van der Waals surface area contributed by atoms with E-state index in [1.54, 1.807) is 31.2 Å². The largest absolute Gasteiger partial charge is 0.506 e. The number of halogens is 1. The Labute approximate surface area is 159 Å². The summed E-state index contributed by atoms with van der Waals surface area (Å²) in [6.07, 6.45) is 0. The average Bonchev–Trinajstić information content (AvgIpc) is 2.94. The summed E-state index contributed by atoms with van der Waals surface area (Å²) in [5, 5.41) is 15.3. The average molecular weight is 425 g/mol. The summed E-state index contributed by atoms with van der Waals surface area (Å²) in [6, 6.07) is 7.85. The van der Waals surface area contributed by atoms with Crippen LogP contribution in [0.25, 0.3) is 0 Å². The number of carbonyl (C=O) groups excluding carboxylic acids is 2. The first-order chi connectivity index (χ1) is 11.6. The summed E-state index contributed by atoms with van der Waals surface area (Å²) in [6.45, 7) is 7.74. The van der Waals surface area contributed by atoms with Gasteiger partial charge in [-0.2, -0.15) is 0 Å².